The van der Waals surface area contributed by atoms with Crippen LogP contribution in [0.4, 0.5) is 0 Å². The highest BCUT2D eigenvalue weighted by atomic mass is 16.5. The van der Waals surface area contributed by atoms with E-state index in [9.17, 15) is 5.11 Å². The number of methoxy groups -OCH3 is 1. The predicted octanol–water partition coefficient (Wildman–Crippen LogP) is 2.82. The van der Waals surface area contributed by atoms with Gasteiger partial charge in [-0.2, -0.15) is 4.98 Å². The van der Waals surface area contributed by atoms with Gasteiger partial charge in [-0.05, 0) is 49.9 Å². The first-order chi connectivity index (χ1) is 9.94. The fourth-order valence-corrected chi connectivity index (χ4v) is 3.20. The Bertz CT molecular complexity index is 483. The summed E-state index contributed by atoms with van der Waals surface area (Å²) in [6.07, 6.45) is 6.36. The van der Waals surface area contributed by atoms with Crippen molar-refractivity contribution in [3.63, 3.8) is 0 Å². The van der Waals surface area contributed by atoms with Crippen LogP contribution in [0.25, 0.3) is 0 Å². The van der Waals surface area contributed by atoms with Crippen LogP contribution in [-0.2, 0) is 16.8 Å². The van der Waals surface area contributed by atoms with E-state index in [-0.39, 0.29) is 6.10 Å². The van der Waals surface area contributed by atoms with Crippen LogP contribution >= 0.6 is 0 Å². The molecule has 3 rings (SSSR count). The number of aromatic nitrogens is 2. The van der Waals surface area contributed by atoms with Crippen molar-refractivity contribution in [2.45, 2.75) is 70.5 Å². The second-order valence-electron chi connectivity index (χ2n) is 7.48. The topological polar surface area (TPSA) is 68.4 Å². The predicted molar refractivity (Wildman–Crippen MR) is 77.7 cm³/mol. The third kappa shape index (κ3) is 3.14. The number of rotatable bonds is 5. The highest BCUT2D eigenvalue weighted by molar-refractivity contribution is 5.05. The lowest BCUT2D eigenvalue weighted by atomic mass is 9.70. The molecule has 2 aliphatic carbocycles. The van der Waals surface area contributed by atoms with Gasteiger partial charge in [0.2, 0.25) is 11.7 Å². The summed E-state index contributed by atoms with van der Waals surface area (Å²) in [5, 5.41) is 14.1. The van der Waals surface area contributed by atoms with E-state index >= 15 is 0 Å². The van der Waals surface area contributed by atoms with Crippen LogP contribution in [0.3, 0.4) is 0 Å². The number of nitrogens with zero attached hydrogens (tertiary/aromatic N) is 2. The van der Waals surface area contributed by atoms with Gasteiger partial charge in [-0.3, -0.25) is 0 Å². The van der Waals surface area contributed by atoms with Crippen LogP contribution < -0.4 is 0 Å². The van der Waals surface area contributed by atoms with Crippen molar-refractivity contribution >= 4 is 0 Å². The van der Waals surface area contributed by atoms with Crippen molar-refractivity contribution < 1.29 is 14.4 Å². The van der Waals surface area contributed by atoms with E-state index in [4.69, 9.17) is 9.26 Å². The molecule has 5 heteroatoms. The molecule has 2 saturated carbocycles. The number of aliphatic hydroxyl groups excluding tert-OH is 1. The first-order valence-corrected chi connectivity index (χ1v) is 8.00. The molecule has 1 N–H and O–H groups in total. The van der Waals surface area contributed by atoms with Gasteiger partial charge in [0.25, 0.3) is 0 Å². The van der Waals surface area contributed by atoms with Crippen LogP contribution in [0.5, 0.6) is 0 Å². The van der Waals surface area contributed by atoms with E-state index in [0.29, 0.717) is 29.5 Å². The van der Waals surface area contributed by atoms with Crippen LogP contribution in [0, 0.1) is 11.3 Å². The lowest BCUT2D eigenvalue weighted by molar-refractivity contribution is -0.0740. The average Bonchev–Trinajstić information content (AvgIpc) is 3.21. The van der Waals surface area contributed by atoms with Gasteiger partial charge >= 0.3 is 0 Å². The molecule has 0 spiro atoms. The van der Waals surface area contributed by atoms with Crippen LogP contribution in [-0.4, -0.2) is 28.5 Å². The Hall–Kier alpha value is -0.940. The van der Waals surface area contributed by atoms with Gasteiger partial charge in [0.05, 0.1) is 12.5 Å². The Balaban J connectivity index is 1.71. The number of hydrogen-bond acceptors (Lipinski definition) is 5. The molecule has 2 aliphatic rings. The molecule has 2 fully saturated rings. The quantitative estimate of drug-likeness (QED) is 0.904. The lowest BCUT2D eigenvalue weighted by Crippen LogP contribution is -2.37. The summed E-state index contributed by atoms with van der Waals surface area (Å²) in [5.74, 6) is 1.61. The van der Waals surface area contributed by atoms with Crippen molar-refractivity contribution in [2.24, 2.45) is 11.3 Å². The lowest BCUT2D eigenvalue weighted by Gasteiger charge is -2.40. The SMILES string of the molecule is COC1(c2noc(CC(O)C3CC3)n2)CCC(C)(C)CC1. The Labute approximate surface area is 126 Å². The van der Waals surface area contributed by atoms with Crippen LogP contribution in [0.15, 0.2) is 4.52 Å². The van der Waals surface area contributed by atoms with Crippen molar-refractivity contribution in [3.8, 4) is 0 Å². The Morgan fingerprint density at radius 3 is 2.52 bits per heavy atom. The minimum atomic E-state index is -0.415. The third-order valence-corrected chi connectivity index (χ3v) is 5.23. The summed E-state index contributed by atoms with van der Waals surface area (Å²) >= 11 is 0. The zero-order valence-corrected chi connectivity index (χ0v) is 13.3. The molecule has 118 valence electrons. The molecular weight excluding hydrogens is 268 g/mol. The van der Waals surface area contributed by atoms with E-state index in [0.717, 1.165) is 38.5 Å². The van der Waals surface area contributed by atoms with Gasteiger partial charge in [0, 0.05) is 7.11 Å². The van der Waals surface area contributed by atoms with Gasteiger partial charge in [-0.1, -0.05) is 19.0 Å². The summed E-state index contributed by atoms with van der Waals surface area (Å²) < 4.78 is 11.1. The van der Waals surface area contributed by atoms with Gasteiger partial charge in [-0.15, -0.1) is 0 Å². The molecule has 0 bridgehead atoms. The molecule has 0 saturated heterocycles. The molecule has 0 aliphatic heterocycles. The molecule has 1 aromatic rings. The van der Waals surface area contributed by atoms with Crippen molar-refractivity contribution in [1.82, 2.24) is 10.1 Å². The summed E-state index contributed by atoms with van der Waals surface area (Å²) in [5.41, 5.74) is -0.0570. The van der Waals surface area contributed by atoms with E-state index in [1.54, 1.807) is 7.11 Å². The number of aliphatic hydroxyl groups is 1. The van der Waals surface area contributed by atoms with Gasteiger partial charge in [0.15, 0.2) is 0 Å². The van der Waals surface area contributed by atoms with Gasteiger partial charge in [-0.25, -0.2) is 0 Å². The molecule has 0 amide bonds. The molecule has 21 heavy (non-hydrogen) atoms. The largest absolute Gasteiger partial charge is 0.392 e. The van der Waals surface area contributed by atoms with Crippen LogP contribution in [0.2, 0.25) is 0 Å². The minimum Gasteiger partial charge on any atom is -0.392 e. The van der Waals surface area contributed by atoms with Gasteiger partial charge in [0.1, 0.15) is 5.60 Å². The number of hydrogen-bond donors (Lipinski definition) is 1. The molecule has 1 heterocycles. The maximum absolute atomic E-state index is 9.99. The molecule has 0 radical (unpaired) electrons. The highest BCUT2D eigenvalue weighted by Crippen LogP contribution is 2.46. The molecule has 1 atom stereocenters. The molecule has 1 aromatic heterocycles. The number of ether oxygens (including phenoxy) is 1. The fraction of sp³-hybridized carbons (Fsp3) is 0.875. The Morgan fingerprint density at radius 2 is 1.95 bits per heavy atom. The molecule has 0 aromatic carbocycles. The average molecular weight is 294 g/mol. The summed E-state index contributed by atoms with van der Waals surface area (Å²) in [7, 11) is 1.73. The molecule has 5 nitrogen and oxygen atoms in total. The van der Waals surface area contributed by atoms with Gasteiger partial charge < -0.3 is 14.4 Å². The van der Waals surface area contributed by atoms with Crippen molar-refractivity contribution in [1.29, 1.82) is 0 Å². The second-order valence-corrected chi connectivity index (χ2v) is 7.48. The monoisotopic (exact) mass is 294 g/mol. The maximum Gasteiger partial charge on any atom is 0.229 e. The Kier molecular flexibility index (Phi) is 3.82. The van der Waals surface area contributed by atoms with Crippen molar-refractivity contribution in [3.05, 3.63) is 11.7 Å². The first kappa shape index (κ1) is 15.0. The van der Waals surface area contributed by atoms with Crippen LogP contribution in [0.1, 0.15) is 64.1 Å². The maximum atomic E-state index is 9.99. The fourth-order valence-electron chi connectivity index (χ4n) is 3.20. The zero-order valence-electron chi connectivity index (χ0n) is 13.3. The van der Waals surface area contributed by atoms with E-state index < -0.39 is 5.60 Å². The first-order valence-electron chi connectivity index (χ1n) is 8.00. The van der Waals surface area contributed by atoms with Crippen molar-refractivity contribution in [2.75, 3.05) is 7.11 Å². The molecular formula is C16H26N2O3. The third-order valence-electron chi connectivity index (χ3n) is 5.23. The Morgan fingerprint density at radius 1 is 1.29 bits per heavy atom. The second kappa shape index (κ2) is 5.36. The minimum absolute atomic E-state index is 0.345. The summed E-state index contributed by atoms with van der Waals surface area (Å²) in [6.45, 7) is 4.58. The smallest absolute Gasteiger partial charge is 0.229 e. The normalized spacial score (nSPS) is 25.7. The van der Waals surface area contributed by atoms with E-state index in [1.807, 2.05) is 0 Å². The highest BCUT2D eigenvalue weighted by Gasteiger charge is 2.43. The summed E-state index contributed by atoms with van der Waals surface area (Å²) in [4.78, 5) is 4.51. The zero-order chi connectivity index (χ0) is 15.1. The van der Waals surface area contributed by atoms with E-state index in [1.165, 1.54) is 0 Å². The van der Waals surface area contributed by atoms with E-state index in [2.05, 4.69) is 24.0 Å². The molecule has 1 unspecified atom stereocenters. The summed E-state index contributed by atoms with van der Waals surface area (Å²) in [6, 6.07) is 0. The standard InChI is InChI=1S/C16H26N2O3/c1-15(2)6-8-16(20-3,9-7-15)14-17-13(21-18-14)10-12(19)11-4-5-11/h11-12,19H,4-10H2,1-3H3.